The maximum atomic E-state index is 5.34. The van der Waals surface area contributed by atoms with E-state index in [-0.39, 0.29) is 0 Å². The Morgan fingerprint density at radius 2 is 2.31 bits per heavy atom. The number of thiazole rings is 1. The second-order valence-electron chi connectivity index (χ2n) is 4.37. The van der Waals surface area contributed by atoms with E-state index in [4.69, 9.17) is 4.74 Å². The third-order valence-corrected chi connectivity index (χ3v) is 3.82. The number of hydrogen-bond acceptors (Lipinski definition) is 4. The first-order valence-corrected chi connectivity index (χ1v) is 6.92. The van der Waals surface area contributed by atoms with Crippen LogP contribution in [0.25, 0.3) is 0 Å². The minimum Gasteiger partial charge on any atom is -0.381 e. The van der Waals surface area contributed by atoms with Gasteiger partial charge in [-0.2, -0.15) is 0 Å². The van der Waals surface area contributed by atoms with Crippen LogP contribution >= 0.6 is 11.3 Å². The van der Waals surface area contributed by atoms with Gasteiger partial charge in [0, 0.05) is 31.6 Å². The Hall–Kier alpha value is -0.450. The van der Waals surface area contributed by atoms with Crippen molar-refractivity contribution in [1.82, 2.24) is 10.3 Å². The Balaban J connectivity index is 1.57. The van der Waals surface area contributed by atoms with Crippen LogP contribution in [0.15, 0.2) is 5.38 Å². The van der Waals surface area contributed by atoms with Crippen molar-refractivity contribution >= 4 is 11.3 Å². The largest absolute Gasteiger partial charge is 0.381 e. The highest BCUT2D eigenvalue weighted by molar-refractivity contribution is 7.09. The molecule has 0 radical (unpaired) electrons. The van der Waals surface area contributed by atoms with Gasteiger partial charge in [-0.05, 0) is 32.2 Å². The monoisotopic (exact) mass is 240 g/mol. The van der Waals surface area contributed by atoms with Crippen molar-refractivity contribution in [2.75, 3.05) is 26.3 Å². The summed E-state index contributed by atoms with van der Waals surface area (Å²) < 4.78 is 5.34. The van der Waals surface area contributed by atoms with Crippen molar-refractivity contribution in [3.8, 4) is 0 Å². The number of ether oxygens (including phenoxy) is 1. The predicted octanol–water partition coefficient (Wildman–Crippen LogP) is 2.01. The molecule has 0 saturated carbocycles. The highest BCUT2D eigenvalue weighted by atomic mass is 32.1. The van der Waals surface area contributed by atoms with E-state index in [1.807, 2.05) is 0 Å². The summed E-state index contributed by atoms with van der Waals surface area (Å²) in [5.41, 5.74) is 1.22. The van der Waals surface area contributed by atoms with Crippen LogP contribution in [0, 0.1) is 12.8 Å². The van der Waals surface area contributed by atoms with E-state index >= 15 is 0 Å². The Labute approximate surface area is 101 Å². The Morgan fingerprint density at radius 1 is 1.50 bits per heavy atom. The third-order valence-electron chi connectivity index (χ3n) is 3.00. The van der Waals surface area contributed by atoms with Gasteiger partial charge in [0.25, 0.3) is 0 Å². The van der Waals surface area contributed by atoms with Crippen molar-refractivity contribution < 1.29 is 4.74 Å². The van der Waals surface area contributed by atoms with Crippen LogP contribution in [0.1, 0.15) is 23.5 Å². The van der Waals surface area contributed by atoms with Gasteiger partial charge in [0.1, 0.15) is 0 Å². The second-order valence-corrected chi connectivity index (χ2v) is 5.43. The topological polar surface area (TPSA) is 34.2 Å². The first-order valence-electron chi connectivity index (χ1n) is 6.04. The molecule has 2 rings (SSSR count). The van der Waals surface area contributed by atoms with Crippen molar-refractivity contribution in [2.45, 2.75) is 26.2 Å². The van der Waals surface area contributed by atoms with Crippen LogP contribution in [-0.2, 0) is 11.2 Å². The van der Waals surface area contributed by atoms with Crippen LogP contribution in [0.3, 0.4) is 0 Å². The van der Waals surface area contributed by atoms with E-state index in [1.54, 1.807) is 11.3 Å². The molecule has 1 aromatic heterocycles. The van der Waals surface area contributed by atoms with Gasteiger partial charge >= 0.3 is 0 Å². The SMILES string of the molecule is Cc1nc(CCNCC2CCOCC2)cs1. The molecule has 1 fully saturated rings. The van der Waals surface area contributed by atoms with Crippen molar-refractivity contribution in [3.63, 3.8) is 0 Å². The molecule has 1 aromatic rings. The molecular formula is C12H20N2OS. The van der Waals surface area contributed by atoms with Crippen LogP contribution in [-0.4, -0.2) is 31.3 Å². The first kappa shape index (κ1) is 12.0. The summed E-state index contributed by atoms with van der Waals surface area (Å²) >= 11 is 1.74. The summed E-state index contributed by atoms with van der Waals surface area (Å²) in [6, 6.07) is 0. The Bertz CT molecular complexity index is 308. The van der Waals surface area contributed by atoms with E-state index in [2.05, 4.69) is 22.6 Å². The van der Waals surface area contributed by atoms with E-state index in [0.717, 1.165) is 38.6 Å². The van der Waals surface area contributed by atoms with Gasteiger partial charge in [0.05, 0.1) is 10.7 Å². The van der Waals surface area contributed by atoms with Crippen molar-refractivity contribution in [1.29, 1.82) is 0 Å². The average Bonchev–Trinajstić information content (AvgIpc) is 2.72. The van der Waals surface area contributed by atoms with Crippen LogP contribution in [0.5, 0.6) is 0 Å². The molecule has 0 unspecified atom stereocenters. The molecule has 0 spiro atoms. The maximum absolute atomic E-state index is 5.34. The number of aryl methyl sites for hydroxylation is 1. The molecule has 0 aromatic carbocycles. The minimum atomic E-state index is 0.811. The number of nitrogens with one attached hydrogen (secondary N) is 1. The van der Waals surface area contributed by atoms with Gasteiger partial charge in [-0.3, -0.25) is 0 Å². The standard InChI is InChI=1S/C12H20N2OS/c1-10-14-12(9-16-10)2-5-13-8-11-3-6-15-7-4-11/h9,11,13H,2-8H2,1H3. The Morgan fingerprint density at radius 3 is 3.00 bits per heavy atom. The maximum Gasteiger partial charge on any atom is 0.0897 e. The molecular weight excluding hydrogens is 220 g/mol. The molecule has 90 valence electrons. The van der Waals surface area contributed by atoms with Crippen LogP contribution < -0.4 is 5.32 Å². The summed E-state index contributed by atoms with van der Waals surface area (Å²) in [6.45, 7) is 6.12. The molecule has 1 N–H and O–H groups in total. The van der Waals surface area contributed by atoms with Crippen molar-refractivity contribution in [3.05, 3.63) is 16.1 Å². The normalized spacial score (nSPS) is 17.8. The molecule has 4 heteroatoms. The molecule has 1 aliphatic rings. The second kappa shape index (κ2) is 6.33. The summed E-state index contributed by atoms with van der Waals surface area (Å²) in [6.07, 6.45) is 3.47. The summed E-state index contributed by atoms with van der Waals surface area (Å²) in [5, 5.41) is 6.85. The van der Waals surface area contributed by atoms with Crippen LogP contribution in [0.2, 0.25) is 0 Å². The predicted molar refractivity (Wildman–Crippen MR) is 67.0 cm³/mol. The van der Waals surface area contributed by atoms with E-state index in [1.165, 1.54) is 23.5 Å². The lowest BCUT2D eigenvalue weighted by Gasteiger charge is -2.22. The number of nitrogens with zero attached hydrogens (tertiary/aromatic N) is 1. The molecule has 0 amide bonds. The lowest BCUT2D eigenvalue weighted by Crippen LogP contribution is -2.29. The molecule has 1 saturated heterocycles. The lowest BCUT2D eigenvalue weighted by atomic mass is 10.0. The van der Waals surface area contributed by atoms with Gasteiger partial charge in [0.2, 0.25) is 0 Å². The average molecular weight is 240 g/mol. The van der Waals surface area contributed by atoms with Gasteiger partial charge in [-0.25, -0.2) is 4.98 Å². The van der Waals surface area contributed by atoms with Gasteiger partial charge in [-0.1, -0.05) is 0 Å². The zero-order valence-electron chi connectivity index (χ0n) is 9.87. The highest BCUT2D eigenvalue weighted by Crippen LogP contribution is 2.13. The Kier molecular flexibility index (Phi) is 4.75. The van der Waals surface area contributed by atoms with Gasteiger partial charge < -0.3 is 10.1 Å². The van der Waals surface area contributed by atoms with E-state index < -0.39 is 0 Å². The molecule has 3 nitrogen and oxygen atoms in total. The molecule has 1 aliphatic heterocycles. The zero-order valence-corrected chi connectivity index (χ0v) is 10.7. The van der Waals surface area contributed by atoms with Gasteiger partial charge in [-0.15, -0.1) is 11.3 Å². The fraction of sp³-hybridized carbons (Fsp3) is 0.750. The van der Waals surface area contributed by atoms with Crippen molar-refractivity contribution in [2.24, 2.45) is 5.92 Å². The van der Waals surface area contributed by atoms with Gasteiger partial charge in [0.15, 0.2) is 0 Å². The minimum absolute atomic E-state index is 0.811. The fourth-order valence-electron chi connectivity index (χ4n) is 2.00. The molecule has 0 bridgehead atoms. The molecule has 16 heavy (non-hydrogen) atoms. The quantitative estimate of drug-likeness (QED) is 0.799. The number of rotatable bonds is 5. The molecule has 0 aliphatic carbocycles. The highest BCUT2D eigenvalue weighted by Gasteiger charge is 2.12. The summed E-state index contributed by atoms with van der Waals surface area (Å²) in [7, 11) is 0. The summed E-state index contributed by atoms with van der Waals surface area (Å²) in [5.74, 6) is 0.811. The number of hydrogen-bond donors (Lipinski definition) is 1. The summed E-state index contributed by atoms with van der Waals surface area (Å²) in [4.78, 5) is 4.45. The third kappa shape index (κ3) is 3.85. The van der Waals surface area contributed by atoms with Crippen LogP contribution in [0.4, 0.5) is 0 Å². The fourth-order valence-corrected chi connectivity index (χ4v) is 2.64. The molecule has 0 atom stereocenters. The first-order chi connectivity index (χ1) is 7.84. The zero-order chi connectivity index (χ0) is 11.2. The smallest absolute Gasteiger partial charge is 0.0897 e. The lowest BCUT2D eigenvalue weighted by molar-refractivity contribution is 0.0664. The number of aromatic nitrogens is 1. The molecule has 2 heterocycles. The van der Waals surface area contributed by atoms with E-state index in [9.17, 15) is 0 Å². The van der Waals surface area contributed by atoms with E-state index in [0.29, 0.717) is 0 Å².